The number of benzene rings is 2. The molecule has 0 atom stereocenters. The van der Waals surface area contributed by atoms with E-state index in [0.29, 0.717) is 0 Å². The summed E-state index contributed by atoms with van der Waals surface area (Å²) >= 11 is 5.51. The predicted molar refractivity (Wildman–Crippen MR) is 70.9 cm³/mol. The second kappa shape index (κ2) is 5.85. The molecule has 0 radical (unpaired) electrons. The van der Waals surface area contributed by atoms with Crippen molar-refractivity contribution >= 4 is 17.4 Å². The molecule has 0 spiro atoms. The lowest BCUT2D eigenvalue weighted by molar-refractivity contribution is -0.137. The maximum Gasteiger partial charge on any atom is 0.417 e. The number of alkyl halides is 3. The zero-order chi connectivity index (χ0) is 15.6. The van der Waals surface area contributed by atoms with Gasteiger partial charge in [0, 0.05) is 12.0 Å². The summed E-state index contributed by atoms with van der Waals surface area (Å²) < 4.78 is 51.8. The molecule has 0 aliphatic heterocycles. The van der Waals surface area contributed by atoms with Crippen LogP contribution in [0.5, 0.6) is 0 Å². The van der Waals surface area contributed by atoms with Gasteiger partial charge in [-0.3, -0.25) is 4.79 Å². The second-order valence-electron chi connectivity index (χ2n) is 4.39. The quantitative estimate of drug-likeness (QED) is 0.580. The number of Topliss-reactive ketones (excluding diaryl/α,β-unsaturated/α-hetero) is 1. The molecule has 0 aliphatic carbocycles. The summed E-state index contributed by atoms with van der Waals surface area (Å²) in [6.45, 7) is 0. The molecule has 0 aliphatic rings. The fourth-order valence-corrected chi connectivity index (χ4v) is 2.02. The topological polar surface area (TPSA) is 17.1 Å². The zero-order valence-electron chi connectivity index (χ0n) is 10.5. The average Bonchev–Trinajstić information content (AvgIpc) is 2.42. The zero-order valence-corrected chi connectivity index (χ0v) is 11.3. The largest absolute Gasteiger partial charge is 0.417 e. The van der Waals surface area contributed by atoms with E-state index in [1.54, 1.807) is 0 Å². The highest BCUT2D eigenvalue weighted by Crippen LogP contribution is 2.32. The summed E-state index contributed by atoms with van der Waals surface area (Å²) in [5.74, 6) is -1.45. The first-order valence-corrected chi connectivity index (χ1v) is 6.30. The number of carbonyl (C=O) groups excluding carboxylic acids is 1. The summed E-state index contributed by atoms with van der Waals surface area (Å²) in [6, 6.07) is 8.21. The highest BCUT2D eigenvalue weighted by Gasteiger charge is 2.34. The second-order valence-corrected chi connectivity index (χ2v) is 4.80. The molecule has 110 valence electrons. The van der Waals surface area contributed by atoms with Gasteiger partial charge in [-0.2, -0.15) is 13.2 Å². The molecule has 0 heterocycles. The van der Waals surface area contributed by atoms with Crippen molar-refractivity contribution in [2.24, 2.45) is 0 Å². The summed E-state index contributed by atoms with van der Waals surface area (Å²) in [5, 5.41) is -0.109. The van der Waals surface area contributed by atoms with Gasteiger partial charge in [-0.05, 0) is 23.8 Å². The molecule has 6 heteroatoms. The van der Waals surface area contributed by atoms with Crippen LogP contribution in [0.3, 0.4) is 0 Å². The minimum atomic E-state index is -4.61. The van der Waals surface area contributed by atoms with E-state index in [0.717, 1.165) is 18.2 Å². The van der Waals surface area contributed by atoms with Crippen molar-refractivity contribution in [3.8, 4) is 0 Å². The lowest BCUT2D eigenvalue weighted by Gasteiger charge is -2.11. The first-order chi connectivity index (χ1) is 9.79. The van der Waals surface area contributed by atoms with Crippen LogP contribution in [0.1, 0.15) is 21.5 Å². The first kappa shape index (κ1) is 15.5. The fourth-order valence-electron chi connectivity index (χ4n) is 1.90. The molecule has 2 aromatic rings. The van der Waals surface area contributed by atoms with Crippen LogP contribution in [0.15, 0.2) is 42.5 Å². The number of hydrogen-bond donors (Lipinski definition) is 0. The molecule has 0 amide bonds. The Bertz CT molecular complexity index is 680. The number of carbonyl (C=O) groups is 1. The lowest BCUT2D eigenvalue weighted by atomic mass is 9.98. The molecule has 0 saturated carbocycles. The van der Waals surface area contributed by atoms with Crippen LogP contribution in [0, 0.1) is 5.82 Å². The first-order valence-electron chi connectivity index (χ1n) is 5.92. The standard InChI is InChI=1S/C15H9ClF4O/c16-12-6-5-9(7-13(12)17)8-14(21)10-3-1-2-4-11(10)15(18,19)20/h1-7H,8H2. The maximum atomic E-state index is 13.3. The van der Waals surface area contributed by atoms with Crippen molar-refractivity contribution in [3.05, 3.63) is 70.0 Å². The minimum absolute atomic E-state index is 0.109. The Labute approximate surface area is 123 Å². The number of ketones is 1. The van der Waals surface area contributed by atoms with Crippen molar-refractivity contribution in [3.63, 3.8) is 0 Å². The highest BCUT2D eigenvalue weighted by molar-refractivity contribution is 6.30. The van der Waals surface area contributed by atoms with Gasteiger partial charge in [-0.1, -0.05) is 35.9 Å². The van der Waals surface area contributed by atoms with Crippen molar-refractivity contribution < 1.29 is 22.4 Å². The van der Waals surface area contributed by atoms with Crippen molar-refractivity contribution in [2.75, 3.05) is 0 Å². The SMILES string of the molecule is O=C(Cc1ccc(Cl)c(F)c1)c1ccccc1C(F)(F)F. The van der Waals surface area contributed by atoms with E-state index in [1.807, 2.05) is 0 Å². The predicted octanol–water partition coefficient (Wildman–Crippen LogP) is 4.92. The lowest BCUT2D eigenvalue weighted by Crippen LogP contribution is -2.14. The summed E-state index contributed by atoms with van der Waals surface area (Å²) in [5.41, 5.74) is -1.16. The molecule has 21 heavy (non-hydrogen) atoms. The third-order valence-electron chi connectivity index (χ3n) is 2.88. The smallest absolute Gasteiger partial charge is 0.294 e. The van der Waals surface area contributed by atoms with Gasteiger partial charge >= 0.3 is 6.18 Å². The van der Waals surface area contributed by atoms with Gasteiger partial charge in [0.1, 0.15) is 5.82 Å². The molecule has 2 rings (SSSR count). The van der Waals surface area contributed by atoms with Gasteiger partial charge < -0.3 is 0 Å². The molecule has 2 aromatic carbocycles. The Morgan fingerprint density at radius 2 is 1.76 bits per heavy atom. The van der Waals surface area contributed by atoms with Crippen LogP contribution in [-0.2, 0) is 12.6 Å². The van der Waals surface area contributed by atoms with E-state index in [-0.39, 0.29) is 17.0 Å². The fraction of sp³-hybridized carbons (Fsp3) is 0.133. The molecule has 1 nitrogen and oxygen atoms in total. The van der Waals surface area contributed by atoms with Crippen LogP contribution in [-0.4, -0.2) is 5.78 Å². The monoisotopic (exact) mass is 316 g/mol. The summed E-state index contributed by atoms with van der Waals surface area (Å²) in [4.78, 5) is 12.0. The molecule has 0 N–H and O–H groups in total. The van der Waals surface area contributed by atoms with Crippen LogP contribution < -0.4 is 0 Å². The van der Waals surface area contributed by atoms with Gasteiger partial charge in [0.2, 0.25) is 0 Å². The van der Waals surface area contributed by atoms with E-state index >= 15 is 0 Å². The van der Waals surface area contributed by atoms with E-state index in [9.17, 15) is 22.4 Å². The molecule has 0 unspecified atom stereocenters. The van der Waals surface area contributed by atoms with Gasteiger partial charge in [0.05, 0.1) is 10.6 Å². The number of halogens is 5. The van der Waals surface area contributed by atoms with E-state index < -0.39 is 28.9 Å². The summed E-state index contributed by atoms with van der Waals surface area (Å²) in [7, 11) is 0. The Hall–Kier alpha value is -1.88. The van der Waals surface area contributed by atoms with Gasteiger partial charge in [-0.15, -0.1) is 0 Å². The average molecular weight is 317 g/mol. The van der Waals surface area contributed by atoms with E-state index in [2.05, 4.69) is 0 Å². The van der Waals surface area contributed by atoms with Crippen LogP contribution in [0.25, 0.3) is 0 Å². The molecule has 0 fully saturated rings. The normalized spacial score (nSPS) is 11.5. The van der Waals surface area contributed by atoms with Crippen molar-refractivity contribution in [1.82, 2.24) is 0 Å². The Morgan fingerprint density at radius 3 is 2.38 bits per heavy atom. The Kier molecular flexibility index (Phi) is 4.32. The third kappa shape index (κ3) is 3.61. The van der Waals surface area contributed by atoms with E-state index in [4.69, 9.17) is 11.6 Å². The van der Waals surface area contributed by atoms with Gasteiger partial charge in [0.15, 0.2) is 5.78 Å². The van der Waals surface area contributed by atoms with Crippen molar-refractivity contribution in [2.45, 2.75) is 12.6 Å². The molecule has 0 aromatic heterocycles. The third-order valence-corrected chi connectivity index (χ3v) is 3.19. The molecular weight excluding hydrogens is 308 g/mol. The molecule has 0 saturated heterocycles. The molecular formula is C15H9ClF4O. The van der Waals surface area contributed by atoms with Crippen LogP contribution in [0.4, 0.5) is 17.6 Å². The Balaban J connectivity index is 2.31. The van der Waals surface area contributed by atoms with Crippen LogP contribution >= 0.6 is 11.6 Å². The van der Waals surface area contributed by atoms with Gasteiger partial charge in [0.25, 0.3) is 0 Å². The molecule has 0 bridgehead atoms. The van der Waals surface area contributed by atoms with E-state index in [1.165, 1.54) is 24.3 Å². The number of hydrogen-bond acceptors (Lipinski definition) is 1. The summed E-state index contributed by atoms with van der Waals surface area (Å²) in [6.07, 6.45) is -4.95. The highest BCUT2D eigenvalue weighted by atomic mass is 35.5. The van der Waals surface area contributed by atoms with Crippen LogP contribution in [0.2, 0.25) is 5.02 Å². The maximum absolute atomic E-state index is 13.3. The Morgan fingerprint density at radius 1 is 1.10 bits per heavy atom. The van der Waals surface area contributed by atoms with Crippen molar-refractivity contribution in [1.29, 1.82) is 0 Å². The van der Waals surface area contributed by atoms with Gasteiger partial charge in [-0.25, -0.2) is 4.39 Å². The number of rotatable bonds is 3. The minimum Gasteiger partial charge on any atom is -0.294 e.